The maximum Gasteiger partial charge on any atom is 0.147 e. The Balaban J connectivity index is 1.72. The van der Waals surface area contributed by atoms with E-state index in [4.69, 9.17) is 4.74 Å². The van der Waals surface area contributed by atoms with Crippen LogP contribution in [0.5, 0.6) is 5.75 Å². The molecule has 28 heavy (non-hydrogen) atoms. The van der Waals surface area contributed by atoms with Gasteiger partial charge in [-0.05, 0) is 48.9 Å². The summed E-state index contributed by atoms with van der Waals surface area (Å²) in [5.41, 5.74) is 7.63. The van der Waals surface area contributed by atoms with Crippen LogP contribution in [0.25, 0.3) is 10.9 Å². The minimum Gasteiger partial charge on any atom is -0.497 e. The molecule has 4 aromatic rings. The Morgan fingerprint density at radius 3 is 2.54 bits per heavy atom. The Morgan fingerprint density at radius 2 is 1.79 bits per heavy atom. The first kappa shape index (κ1) is 17.7. The first-order valence-corrected chi connectivity index (χ1v) is 9.00. The van der Waals surface area contributed by atoms with Crippen LogP contribution >= 0.6 is 0 Å². The molecule has 0 saturated carbocycles. The molecule has 0 radical (unpaired) electrons. The lowest BCUT2D eigenvalue weighted by Crippen LogP contribution is -2.09. The zero-order chi connectivity index (χ0) is 19.3. The molecule has 5 nitrogen and oxygen atoms in total. The zero-order valence-corrected chi connectivity index (χ0v) is 15.8. The second-order valence-corrected chi connectivity index (χ2v) is 6.36. The zero-order valence-electron chi connectivity index (χ0n) is 15.8. The van der Waals surface area contributed by atoms with Gasteiger partial charge in [0.2, 0.25) is 0 Å². The van der Waals surface area contributed by atoms with Crippen LogP contribution in [-0.4, -0.2) is 22.8 Å². The van der Waals surface area contributed by atoms with E-state index in [9.17, 15) is 0 Å². The number of pyridine rings is 2. The van der Waals surface area contributed by atoms with Crippen LogP contribution in [0.4, 0.5) is 5.82 Å². The molecule has 5 heteroatoms. The summed E-state index contributed by atoms with van der Waals surface area (Å²) < 4.78 is 5.31. The van der Waals surface area contributed by atoms with Crippen LogP contribution in [0.2, 0.25) is 0 Å². The predicted octanol–water partition coefficient (Wildman–Crippen LogP) is 4.81. The summed E-state index contributed by atoms with van der Waals surface area (Å²) in [5.74, 6) is 1.50. The normalized spacial score (nSPS) is 11.4. The van der Waals surface area contributed by atoms with Crippen molar-refractivity contribution < 1.29 is 4.74 Å². The summed E-state index contributed by atoms with van der Waals surface area (Å²) >= 11 is 0. The maximum atomic E-state index is 5.31. The molecule has 0 saturated heterocycles. The van der Waals surface area contributed by atoms with Gasteiger partial charge in [0.05, 0.1) is 18.3 Å². The van der Waals surface area contributed by atoms with Gasteiger partial charge < -0.3 is 4.74 Å². The third-order valence-electron chi connectivity index (χ3n) is 4.46. The number of anilines is 1. The van der Waals surface area contributed by atoms with Crippen molar-refractivity contribution >= 4 is 22.4 Å². The van der Waals surface area contributed by atoms with Crippen molar-refractivity contribution in [3.05, 3.63) is 95.8 Å². The molecule has 0 bridgehead atoms. The highest BCUT2D eigenvalue weighted by Gasteiger charge is 2.09. The van der Waals surface area contributed by atoms with Gasteiger partial charge in [-0.15, -0.1) is 0 Å². The molecule has 0 unspecified atom stereocenters. The topological polar surface area (TPSA) is 59.4 Å². The third-order valence-corrected chi connectivity index (χ3v) is 4.46. The smallest absolute Gasteiger partial charge is 0.147 e. The van der Waals surface area contributed by atoms with Crippen LogP contribution in [0.15, 0.2) is 84.1 Å². The molecule has 2 heterocycles. The average Bonchev–Trinajstić information content (AvgIpc) is 2.75. The Labute approximate surface area is 163 Å². The van der Waals surface area contributed by atoms with E-state index >= 15 is 0 Å². The second kappa shape index (κ2) is 7.88. The number of fused-ring (bicyclic) bond motifs is 1. The fraction of sp³-hybridized carbons (Fsp3) is 0.0870. The summed E-state index contributed by atoms with van der Waals surface area (Å²) in [6, 6.07) is 23.6. The average molecular weight is 368 g/mol. The molecular formula is C23H20N4O. The lowest BCUT2D eigenvalue weighted by atomic mass is 10.1. The molecule has 0 aliphatic carbocycles. The standard InChI is InChI=1S/C23H20N4O/c1-16-14-22(25-20-12-11-18(28-2)15-19(16)20)26-27-23(17-8-4-3-5-9-17)21-10-6-7-13-24-21/h3-15H,1-2H3,(H,25,26)/b27-23-. The number of hydrogen-bond donors (Lipinski definition) is 1. The monoisotopic (exact) mass is 368 g/mol. The van der Waals surface area contributed by atoms with E-state index in [2.05, 4.69) is 27.4 Å². The Kier molecular flexibility index (Phi) is 4.97. The Bertz CT molecular complexity index is 1080. The fourth-order valence-electron chi connectivity index (χ4n) is 3.04. The number of benzene rings is 2. The van der Waals surface area contributed by atoms with Crippen molar-refractivity contribution in [2.24, 2.45) is 5.10 Å². The van der Waals surface area contributed by atoms with Crippen LogP contribution < -0.4 is 10.2 Å². The molecular weight excluding hydrogens is 348 g/mol. The SMILES string of the molecule is COc1ccc2nc(N/N=C(/c3ccccc3)c3ccccn3)cc(C)c2c1. The van der Waals surface area contributed by atoms with E-state index < -0.39 is 0 Å². The minimum atomic E-state index is 0.680. The van der Waals surface area contributed by atoms with Gasteiger partial charge in [-0.2, -0.15) is 5.10 Å². The van der Waals surface area contributed by atoms with E-state index in [0.717, 1.165) is 39.2 Å². The number of aryl methyl sites for hydroxylation is 1. The summed E-state index contributed by atoms with van der Waals surface area (Å²) in [6.45, 7) is 2.05. The lowest BCUT2D eigenvalue weighted by molar-refractivity contribution is 0.415. The van der Waals surface area contributed by atoms with Gasteiger partial charge in [-0.3, -0.25) is 10.4 Å². The number of aromatic nitrogens is 2. The number of hydrazone groups is 1. The number of methoxy groups -OCH3 is 1. The number of ether oxygens (including phenoxy) is 1. The molecule has 0 spiro atoms. The lowest BCUT2D eigenvalue weighted by Gasteiger charge is -2.10. The molecule has 2 aromatic heterocycles. The van der Waals surface area contributed by atoms with Gasteiger partial charge in [0, 0.05) is 17.1 Å². The van der Waals surface area contributed by atoms with Gasteiger partial charge in [0.15, 0.2) is 0 Å². The molecule has 0 aliphatic heterocycles. The highest BCUT2D eigenvalue weighted by molar-refractivity contribution is 6.11. The maximum absolute atomic E-state index is 5.31. The van der Waals surface area contributed by atoms with E-state index in [0.29, 0.717) is 5.82 Å². The number of hydrogen-bond acceptors (Lipinski definition) is 5. The van der Waals surface area contributed by atoms with Crippen LogP contribution in [0, 0.1) is 6.92 Å². The molecule has 0 aliphatic rings. The molecule has 0 fully saturated rings. The first-order valence-electron chi connectivity index (χ1n) is 9.00. The molecule has 2 aromatic carbocycles. The highest BCUT2D eigenvalue weighted by Crippen LogP contribution is 2.24. The van der Waals surface area contributed by atoms with E-state index in [-0.39, 0.29) is 0 Å². The number of nitrogens with zero attached hydrogens (tertiary/aromatic N) is 3. The van der Waals surface area contributed by atoms with Crippen molar-refractivity contribution in [3.63, 3.8) is 0 Å². The first-order chi connectivity index (χ1) is 13.7. The Hall–Kier alpha value is -3.73. The van der Waals surface area contributed by atoms with Gasteiger partial charge >= 0.3 is 0 Å². The van der Waals surface area contributed by atoms with Crippen molar-refractivity contribution in [1.29, 1.82) is 0 Å². The molecule has 0 amide bonds. The summed E-state index contributed by atoms with van der Waals surface area (Å²) in [5, 5.41) is 5.69. The van der Waals surface area contributed by atoms with Crippen molar-refractivity contribution in [3.8, 4) is 5.75 Å². The van der Waals surface area contributed by atoms with Crippen molar-refractivity contribution in [2.75, 3.05) is 12.5 Å². The van der Waals surface area contributed by atoms with Gasteiger partial charge in [0.1, 0.15) is 17.3 Å². The quantitative estimate of drug-likeness (QED) is 0.406. The molecule has 4 rings (SSSR count). The highest BCUT2D eigenvalue weighted by atomic mass is 16.5. The van der Waals surface area contributed by atoms with Crippen LogP contribution in [0.1, 0.15) is 16.8 Å². The second-order valence-electron chi connectivity index (χ2n) is 6.36. The van der Waals surface area contributed by atoms with Gasteiger partial charge in [-0.25, -0.2) is 4.98 Å². The molecule has 1 N–H and O–H groups in total. The number of rotatable bonds is 5. The van der Waals surface area contributed by atoms with Gasteiger partial charge in [-0.1, -0.05) is 36.4 Å². The number of nitrogens with one attached hydrogen (secondary N) is 1. The fourth-order valence-corrected chi connectivity index (χ4v) is 3.04. The molecule has 138 valence electrons. The predicted molar refractivity (Wildman–Crippen MR) is 113 cm³/mol. The Morgan fingerprint density at radius 1 is 0.964 bits per heavy atom. The summed E-state index contributed by atoms with van der Waals surface area (Å²) in [4.78, 5) is 9.13. The summed E-state index contributed by atoms with van der Waals surface area (Å²) in [7, 11) is 1.66. The minimum absolute atomic E-state index is 0.680. The van der Waals surface area contributed by atoms with Crippen LogP contribution in [-0.2, 0) is 0 Å². The van der Waals surface area contributed by atoms with E-state index in [1.807, 2.05) is 72.8 Å². The van der Waals surface area contributed by atoms with Gasteiger partial charge in [0.25, 0.3) is 0 Å². The largest absolute Gasteiger partial charge is 0.497 e. The van der Waals surface area contributed by atoms with E-state index in [1.54, 1.807) is 13.3 Å². The summed E-state index contributed by atoms with van der Waals surface area (Å²) in [6.07, 6.45) is 1.76. The van der Waals surface area contributed by atoms with E-state index in [1.165, 1.54) is 0 Å². The molecule has 0 atom stereocenters. The van der Waals surface area contributed by atoms with Crippen molar-refractivity contribution in [1.82, 2.24) is 9.97 Å². The van der Waals surface area contributed by atoms with Crippen molar-refractivity contribution in [2.45, 2.75) is 6.92 Å². The third kappa shape index (κ3) is 3.69. The van der Waals surface area contributed by atoms with Crippen LogP contribution in [0.3, 0.4) is 0 Å².